The second-order valence-electron chi connectivity index (χ2n) is 6.26. The molecule has 1 aromatic rings. The zero-order valence-electron chi connectivity index (χ0n) is 15.2. The molecular formula is C18H27ClN4O2. The summed E-state index contributed by atoms with van der Waals surface area (Å²) in [5, 5.41) is 3.95. The molecule has 1 aliphatic heterocycles. The van der Waals surface area contributed by atoms with Gasteiger partial charge in [-0.2, -0.15) is 0 Å². The Labute approximate surface area is 154 Å². The number of hydrogen-bond acceptors (Lipinski definition) is 3. The lowest BCUT2D eigenvalue weighted by molar-refractivity contribution is -0.127. The van der Waals surface area contributed by atoms with Crippen molar-refractivity contribution in [1.29, 1.82) is 0 Å². The van der Waals surface area contributed by atoms with E-state index in [1.165, 1.54) is 0 Å². The van der Waals surface area contributed by atoms with E-state index in [1.807, 2.05) is 24.3 Å². The van der Waals surface area contributed by atoms with Gasteiger partial charge in [-0.15, -0.1) is 0 Å². The van der Waals surface area contributed by atoms with Crippen LogP contribution in [0.3, 0.4) is 0 Å². The van der Waals surface area contributed by atoms with Crippen LogP contribution < -0.4 is 10.1 Å². The van der Waals surface area contributed by atoms with Crippen molar-refractivity contribution in [3.63, 3.8) is 0 Å². The number of likely N-dealkylation sites (N-methyl/N-ethyl adjacent to an activating group) is 1. The zero-order valence-corrected chi connectivity index (χ0v) is 15.9. The maximum atomic E-state index is 11.8. The predicted molar refractivity (Wildman–Crippen MR) is 101 cm³/mol. The van der Waals surface area contributed by atoms with Gasteiger partial charge in [0, 0.05) is 33.6 Å². The maximum absolute atomic E-state index is 11.8. The van der Waals surface area contributed by atoms with E-state index in [9.17, 15) is 4.79 Å². The van der Waals surface area contributed by atoms with Gasteiger partial charge in [-0.1, -0.05) is 30.7 Å². The van der Waals surface area contributed by atoms with Crippen LogP contribution in [0.2, 0.25) is 5.02 Å². The Kier molecular flexibility index (Phi) is 7.37. The second-order valence-corrected chi connectivity index (χ2v) is 6.67. The van der Waals surface area contributed by atoms with E-state index < -0.39 is 0 Å². The zero-order chi connectivity index (χ0) is 18.2. The van der Waals surface area contributed by atoms with Gasteiger partial charge in [-0.25, -0.2) is 4.99 Å². The molecule has 1 aromatic carbocycles. The number of hydrogen-bond donors (Lipinski definition) is 1. The quantitative estimate of drug-likeness (QED) is 0.619. The third-order valence-electron chi connectivity index (χ3n) is 3.97. The van der Waals surface area contributed by atoms with Crippen molar-refractivity contribution in [2.75, 3.05) is 40.3 Å². The van der Waals surface area contributed by atoms with Crippen molar-refractivity contribution in [2.24, 2.45) is 4.99 Å². The van der Waals surface area contributed by atoms with Crippen molar-refractivity contribution < 1.29 is 9.53 Å². The molecule has 0 saturated carbocycles. The Morgan fingerprint density at radius 1 is 1.44 bits per heavy atom. The Morgan fingerprint density at radius 2 is 2.20 bits per heavy atom. The molecule has 1 N–H and O–H groups in total. The summed E-state index contributed by atoms with van der Waals surface area (Å²) in [5.41, 5.74) is 0. The normalized spacial score (nSPS) is 17.5. The summed E-state index contributed by atoms with van der Waals surface area (Å²) >= 11 is 6.17. The first-order chi connectivity index (χ1) is 12.0. The minimum atomic E-state index is -0.0149. The first-order valence-corrected chi connectivity index (χ1v) is 9.03. The molecule has 0 spiro atoms. The van der Waals surface area contributed by atoms with Gasteiger partial charge < -0.3 is 19.9 Å². The van der Waals surface area contributed by atoms with Crippen LogP contribution in [-0.2, 0) is 4.79 Å². The van der Waals surface area contributed by atoms with Crippen molar-refractivity contribution in [2.45, 2.75) is 25.9 Å². The van der Waals surface area contributed by atoms with Crippen LogP contribution in [-0.4, -0.2) is 68.0 Å². The molecule has 1 unspecified atom stereocenters. The number of halogens is 1. The Bertz CT molecular complexity index is 606. The summed E-state index contributed by atoms with van der Waals surface area (Å²) in [7, 11) is 3.47. The lowest BCUT2D eigenvalue weighted by atomic mass is 10.3. The average Bonchev–Trinajstić information content (AvgIpc) is 3.05. The minimum Gasteiger partial charge on any atom is -0.487 e. The van der Waals surface area contributed by atoms with Gasteiger partial charge in [-0.05, 0) is 18.6 Å². The molecule has 0 radical (unpaired) electrons. The van der Waals surface area contributed by atoms with Gasteiger partial charge in [0.25, 0.3) is 0 Å². The maximum Gasteiger partial charge on any atom is 0.243 e. The third-order valence-corrected chi connectivity index (χ3v) is 4.28. The fraction of sp³-hybridized carbons (Fsp3) is 0.556. The largest absolute Gasteiger partial charge is 0.487 e. The van der Waals surface area contributed by atoms with Crippen molar-refractivity contribution in [3.05, 3.63) is 29.3 Å². The molecule has 1 heterocycles. The second kappa shape index (κ2) is 9.51. The number of carbonyl (C=O) groups is 1. The number of guanidine groups is 1. The molecule has 138 valence electrons. The van der Waals surface area contributed by atoms with Crippen molar-refractivity contribution >= 4 is 23.5 Å². The fourth-order valence-electron chi connectivity index (χ4n) is 2.53. The molecule has 7 heteroatoms. The number of rotatable bonds is 6. The Hall–Kier alpha value is -1.95. The molecule has 1 atom stereocenters. The number of ether oxygens (including phenoxy) is 1. The Morgan fingerprint density at radius 3 is 2.88 bits per heavy atom. The van der Waals surface area contributed by atoms with Crippen molar-refractivity contribution in [3.8, 4) is 5.75 Å². The van der Waals surface area contributed by atoms with Crippen molar-refractivity contribution in [1.82, 2.24) is 15.1 Å². The van der Waals surface area contributed by atoms with E-state index >= 15 is 0 Å². The number of likely N-dealkylation sites (tertiary alicyclic amines) is 1. The lowest BCUT2D eigenvalue weighted by Crippen LogP contribution is -2.42. The number of nitrogens with zero attached hydrogens (tertiary/aromatic N) is 3. The molecular weight excluding hydrogens is 340 g/mol. The van der Waals surface area contributed by atoms with Crippen LogP contribution >= 0.6 is 11.6 Å². The molecule has 25 heavy (non-hydrogen) atoms. The van der Waals surface area contributed by atoms with Crippen LogP contribution in [0.5, 0.6) is 5.75 Å². The predicted octanol–water partition coefficient (Wildman–Crippen LogP) is 2.24. The first-order valence-electron chi connectivity index (χ1n) is 8.65. The van der Waals surface area contributed by atoms with Gasteiger partial charge >= 0.3 is 0 Å². The summed E-state index contributed by atoms with van der Waals surface area (Å²) in [6, 6.07) is 7.51. The molecule has 1 fully saturated rings. The smallest absolute Gasteiger partial charge is 0.243 e. The van der Waals surface area contributed by atoms with E-state index in [0.29, 0.717) is 10.8 Å². The first kappa shape index (κ1) is 19.4. The van der Waals surface area contributed by atoms with Crippen LogP contribution in [0.25, 0.3) is 0 Å². The number of amides is 1. The highest BCUT2D eigenvalue weighted by Crippen LogP contribution is 2.26. The van der Waals surface area contributed by atoms with Gasteiger partial charge in [0.2, 0.25) is 5.91 Å². The average molecular weight is 367 g/mol. The van der Waals surface area contributed by atoms with Crippen LogP contribution in [0.1, 0.15) is 19.8 Å². The molecule has 2 rings (SSSR count). The monoisotopic (exact) mass is 366 g/mol. The number of para-hydroxylation sites is 1. The van der Waals surface area contributed by atoms with Gasteiger partial charge in [0.1, 0.15) is 18.4 Å². The van der Waals surface area contributed by atoms with Gasteiger partial charge in [0.15, 0.2) is 5.96 Å². The Balaban J connectivity index is 1.98. The molecule has 1 saturated heterocycles. The van der Waals surface area contributed by atoms with E-state index in [0.717, 1.165) is 38.4 Å². The van der Waals surface area contributed by atoms with Gasteiger partial charge in [0.05, 0.1) is 11.6 Å². The lowest BCUT2D eigenvalue weighted by Gasteiger charge is -2.22. The minimum absolute atomic E-state index is 0.0149. The molecule has 0 bridgehead atoms. The molecule has 0 aliphatic carbocycles. The van der Waals surface area contributed by atoms with Crippen LogP contribution in [0.15, 0.2) is 29.3 Å². The highest BCUT2D eigenvalue weighted by atomic mass is 35.5. The van der Waals surface area contributed by atoms with Crippen LogP contribution in [0.4, 0.5) is 0 Å². The standard InChI is InChI=1S/C18H27ClN4O2/c1-4-10-20-18(21-12-17(24)22(2)3)23-11-9-14(13-23)25-16-8-6-5-7-15(16)19/h5-8,14H,4,9-13H2,1-3H3,(H,20,21). The summed E-state index contributed by atoms with van der Waals surface area (Å²) in [4.78, 5) is 20.0. The highest BCUT2D eigenvalue weighted by molar-refractivity contribution is 6.32. The number of carbonyl (C=O) groups excluding carboxylic acids is 1. The highest BCUT2D eigenvalue weighted by Gasteiger charge is 2.27. The van der Waals surface area contributed by atoms with Crippen LogP contribution in [0, 0.1) is 0 Å². The fourth-order valence-corrected chi connectivity index (χ4v) is 2.71. The third kappa shape index (κ3) is 5.81. The van der Waals surface area contributed by atoms with E-state index in [2.05, 4.69) is 22.1 Å². The summed E-state index contributed by atoms with van der Waals surface area (Å²) in [5.74, 6) is 1.46. The topological polar surface area (TPSA) is 57.2 Å². The summed E-state index contributed by atoms with van der Waals surface area (Å²) in [6.07, 6.45) is 1.94. The summed E-state index contributed by atoms with van der Waals surface area (Å²) in [6.45, 7) is 4.62. The van der Waals surface area contributed by atoms with E-state index in [1.54, 1.807) is 19.0 Å². The molecule has 1 amide bonds. The number of benzene rings is 1. The SMILES string of the molecule is CCCNC(=NCC(=O)N(C)C)N1CCC(Oc2ccccc2Cl)C1. The number of nitrogens with one attached hydrogen (secondary N) is 1. The molecule has 0 aromatic heterocycles. The number of aliphatic imine (C=N–C) groups is 1. The van der Waals surface area contributed by atoms with E-state index in [4.69, 9.17) is 16.3 Å². The van der Waals surface area contributed by atoms with Gasteiger partial charge in [-0.3, -0.25) is 4.79 Å². The summed E-state index contributed by atoms with van der Waals surface area (Å²) < 4.78 is 6.02. The molecule has 1 aliphatic rings. The van der Waals surface area contributed by atoms with E-state index in [-0.39, 0.29) is 18.6 Å². The molecule has 6 nitrogen and oxygen atoms in total.